The van der Waals surface area contributed by atoms with Crippen LogP contribution in [0.15, 0.2) is 73.7 Å². The summed E-state index contributed by atoms with van der Waals surface area (Å²) in [6.45, 7) is 3.26. The van der Waals surface area contributed by atoms with Crippen molar-refractivity contribution in [3.63, 3.8) is 0 Å². The Kier molecular flexibility index (Phi) is 5.44. The molecule has 1 saturated heterocycles. The third-order valence-electron chi connectivity index (χ3n) is 7.17. The van der Waals surface area contributed by atoms with E-state index in [4.69, 9.17) is 4.98 Å². The number of fused-ring (bicyclic) bond motifs is 2. The van der Waals surface area contributed by atoms with Gasteiger partial charge in [-0.1, -0.05) is 12.5 Å². The Morgan fingerprint density at radius 2 is 1.68 bits per heavy atom. The van der Waals surface area contributed by atoms with Crippen molar-refractivity contribution in [3.05, 3.63) is 79.3 Å². The summed E-state index contributed by atoms with van der Waals surface area (Å²) < 4.78 is 0. The van der Waals surface area contributed by atoms with Gasteiger partial charge in [0.1, 0.15) is 5.69 Å². The zero-order valence-corrected chi connectivity index (χ0v) is 20.4. The van der Waals surface area contributed by atoms with Gasteiger partial charge in [0.05, 0.1) is 34.8 Å². The molecule has 0 radical (unpaired) electrons. The van der Waals surface area contributed by atoms with Gasteiger partial charge in [0, 0.05) is 65.0 Å². The highest BCUT2D eigenvalue weighted by Gasteiger charge is 2.16. The summed E-state index contributed by atoms with van der Waals surface area (Å²) in [5, 5.41) is 9.87. The minimum Gasteiger partial charge on any atom is -0.352 e. The number of likely N-dealkylation sites (tertiary alicyclic amines) is 1. The van der Waals surface area contributed by atoms with Gasteiger partial charge in [0.2, 0.25) is 0 Å². The standard InChI is InChI=1S/C29H26N8/c1-2-7-37(8-3-1)18-19-9-21(14-31-12-19)25-11-23-28(17-33-25)35-36-29(23)26-10-22-24(15-32-16-27(22)34-26)20-5-4-6-30-13-20/h4-6,9-17,34H,1-3,7-8,18H2,(H,35,36). The number of rotatable bonds is 5. The van der Waals surface area contributed by atoms with Gasteiger partial charge < -0.3 is 4.98 Å². The van der Waals surface area contributed by atoms with E-state index in [1.54, 1.807) is 6.20 Å². The molecule has 7 heterocycles. The van der Waals surface area contributed by atoms with Crippen LogP contribution >= 0.6 is 0 Å². The molecule has 0 unspecified atom stereocenters. The van der Waals surface area contributed by atoms with Gasteiger partial charge in [-0.2, -0.15) is 5.10 Å². The summed E-state index contributed by atoms with van der Waals surface area (Å²) in [6, 6.07) is 10.4. The van der Waals surface area contributed by atoms with Gasteiger partial charge in [0.15, 0.2) is 0 Å². The molecule has 0 spiro atoms. The highest BCUT2D eigenvalue weighted by Crippen LogP contribution is 2.34. The average molecular weight is 487 g/mol. The SMILES string of the molecule is c1cncc(-c2cncc3[nH]c(-c4n[nH]c5cnc(-c6cncc(CN7CCCCC7)c6)cc45)cc23)c1. The number of nitrogens with one attached hydrogen (secondary N) is 2. The van der Waals surface area contributed by atoms with Crippen molar-refractivity contribution in [1.29, 1.82) is 0 Å². The van der Waals surface area contributed by atoms with E-state index in [0.29, 0.717) is 0 Å². The predicted octanol–water partition coefficient (Wildman–Crippen LogP) is 5.61. The molecule has 1 aliphatic rings. The average Bonchev–Trinajstić information content (AvgIpc) is 3.58. The summed E-state index contributed by atoms with van der Waals surface area (Å²) in [5.74, 6) is 0. The third-order valence-corrected chi connectivity index (χ3v) is 7.17. The van der Waals surface area contributed by atoms with Crippen LogP contribution in [0.3, 0.4) is 0 Å². The molecule has 37 heavy (non-hydrogen) atoms. The fraction of sp³-hybridized carbons (Fsp3) is 0.207. The molecule has 0 atom stereocenters. The molecule has 0 saturated carbocycles. The predicted molar refractivity (Wildman–Crippen MR) is 145 cm³/mol. The van der Waals surface area contributed by atoms with Crippen molar-refractivity contribution in [2.24, 2.45) is 0 Å². The number of piperidine rings is 1. The van der Waals surface area contributed by atoms with Crippen LogP contribution < -0.4 is 0 Å². The fourth-order valence-corrected chi connectivity index (χ4v) is 5.30. The third kappa shape index (κ3) is 4.15. The molecule has 182 valence electrons. The molecule has 8 nitrogen and oxygen atoms in total. The lowest BCUT2D eigenvalue weighted by atomic mass is 10.1. The first kappa shape index (κ1) is 21.8. The molecular formula is C29H26N8. The van der Waals surface area contributed by atoms with Crippen LogP contribution in [-0.4, -0.2) is 53.1 Å². The van der Waals surface area contributed by atoms with Crippen LogP contribution in [0.5, 0.6) is 0 Å². The molecule has 0 aliphatic carbocycles. The quantitative estimate of drug-likeness (QED) is 0.329. The number of aromatic amines is 2. The largest absolute Gasteiger partial charge is 0.352 e. The van der Waals surface area contributed by atoms with Crippen LogP contribution in [0, 0.1) is 0 Å². The Balaban J connectivity index is 1.26. The summed E-state index contributed by atoms with van der Waals surface area (Å²) in [5.41, 5.74) is 8.81. The van der Waals surface area contributed by atoms with Gasteiger partial charge in [-0.25, -0.2) is 0 Å². The molecule has 0 aromatic carbocycles. The number of aromatic nitrogens is 7. The lowest BCUT2D eigenvalue weighted by molar-refractivity contribution is 0.220. The molecule has 6 aromatic rings. The van der Waals surface area contributed by atoms with Crippen molar-refractivity contribution in [2.45, 2.75) is 25.8 Å². The van der Waals surface area contributed by atoms with Crippen LogP contribution in [-0.2, 0) is 6.54 Å². The molecule has 8 heteroatoms. The summed E-state index contributed by atoms with van der Waals surface area (Å²) in [6.07, 6.45) is 17.0. The number of nitrogens with zero attached hydrogens (tertiary/aromatic N) is 6. The second-order valence-electron chi connectivity index (χ2n) is 9.68. The number of hydrogen-bond donors (Lipinski definition) is 2. The Labute approximate surface area is 213 Å². The van der Waals surface area contributed by atoms with Crippen molar-refractivity contribution < 1.29 is 0 Å². The normalized spacial score (nSPS) is 14.5. The summed E-state index contributed by atoms with van der Waals surface area (Å²) >= 11 is 0. The smallest absolute Gasteiger partial charge is 0.116 e. The maximum absolute atomic E-state index is 4.72. The Hall–Kier alpha value is -4.43. The topological polar surface area (TPSA) is 99.3 Å². The van der Waals surface area contributed by atoms with E-state index in [2.05, 4.69) is 53.2 Å². The molecular weight excluding hydrogens is 460 g/mol. The molecule has 1 aliphatic heterocycles. The second kappa shape index (κ2) is 9.22. The van der Waals surface area contributed by atoms with Gasteiger partial charge in [-0.15, -0.1) is 0 Å². The number of H-pyrrole nitrogens is 2. The van der Waals surface area contributed by atoms with E-state index < -0.39 is 0 Å². The molecule has 6 aromatic heterocycles. The summed E-state index contributed by atoms with van der Waals surface area (Å²) in [4.78, 5) is 24.0. The minimum atomic E-state index is 0.851. The van der Waals surface area contributed by atoms with Crippen molar-refractivity contribution >= 4 is 21.8 Å². The first-order valence-electron chi connectivity index (χ1n) is 12.7. The van der Waals surface area contributed by atoms with E-state index in [9.17, 15) is 0 Å². The Morgan fingerprint density at radius 3 is 2.57 bits per heavy atom. The van der Waals surface area contributed by atoms with E-state index in [1.165, 1.54) is 24.8 Å². The van der Waals surface area contributed by atoms with Crippen molar-refractivity contribution in [2.75, 3.05) is 13.1 Å². The number of hydrogen-bond acceptors (Lipinski definition) is 6. The zero-order valence-electron chi connectivity index (χ0n) is 20.4. The maximum Gasteiger partial charge on any atom is 0.116 e. The molecule has 0 bridgehead atoms. The maximum atomic E-state index is 4.72. The van der Waals surface area contributed by atoms with Gasteiger partial charge in [-0.3, -0.25) is 29.9 Å². The molecule has 1 fully saturated rings. The monoisotopic (exact) mass is 486 g/mol. The fourth-order valence-electron chi connectivity index (χ4n) is 5.30. The van der Waals surface area contributed by atoms with E-state index >= 15 is 0 Å². The van der Waals surface area contributed by atoms with Gasteiger partial charge in [-0.05, 0) is 55.8 Å². The molecule has 2 N–H and O–H groups in total. The van der Waals surface area contributed by atoms with Crippen LogP contribution in [0.4, 0.5) is 0 Å². The lowest BCUT2D eigenvalue weighted by Gasteiger charge is -2.26. The van der Waals surface area contributed by atoms with Crippen molar-refractivity contribution in [3.8, 4) is 33.8 Å². The highest BCUT2D eigenvalue weighted by atomic mass is 15.1. The minimum absolute atomic E-state index is 0.851. The van der Waals surface area contributed by atoms with E-state index in [0.717, 1.165) is 75.2 Å². The Bertz CT molecular complexity index is 1700. The highest BCUT2D eigenvalue weighted by molar-refractivity contribution is 6.00. The first-order valence-corrected chi connectivity index (χ1v) is 12.7. The van der Waals surface area contributed by atoms with Crippen LogP contribution in [0.25, 0.3) is 55.6 Å². The summed E-state index contributed by atoms with van der Waals surface area (Å²) in [7, 11) is 0. The van der Waals surface area contributed by atoms with Crippen LogP contribution in [0.1, 0.15) is 24.8 Å². The molecule has 7 rings (SSSR count). The Morgan fingerprint density at radius 1 is 0.784 bits per heavy atom. The lowest BCUT2D eigenvalue weighted by Crippen LogP contribution is -2.29. The van der Waals surface area contributed by atoms with E-state index in [-0.39, 0.29) is 0 Å². The first-order chi connectivity index (χ1) is 18.3. The molecule has 0 amide bonds. The van der Waals surface area contributed by atoms with E-state index in [1.807, 2.05) is 49.3 Å². The zero-order chi connectivity index (χ0) is 24.6. The van der Waals surface area contributed by atoms with Gasteiger partial charge >= 0.3 is 0 Å². The van der Waals surface area contributed by atoms with Gasteiger partial charge in [0.25, 0.3) is 0 Å². The number of pyridine rings is 4. The second-order valence-corrected chi connectivity index (χ2v) is 9.68. The van der Waals surface area contributed by atoms with Crippen molar-refractivity contribution in [1.82, 2.24) is 40.0 Å². The van der Waals surface area contributed by atoms with Crippen LogP contribution in [0.2, 0.25) is 0 Å².